The van der Waals surface area contributed by atoms with Gasteiger partial charge in [0.25, 0.3) is 5.91 Å². The van der Waals surface area contributed by atoms with Crippen LogP contribution in [0.15, 0.2) is 22.7 Å². The molecule has 1 aromatic rings. The predicted octanol–water partition coefficient (Wildman–Crippen LogP) is 2.41. The molecular weight excluding hydrogens is 332 g/mol. The van der Waals surface area contributed by atoms with Crippen LogP contribution in [0.3, 0.4) is 0 Å². The third-order valence-electron chi connectivity index (χ3n) is 3.13. The first-order valence-corrected chi connectivity index (χ1v) is 7.14. The molecule has 0 bridgehead atoms. The molecule has 102 valence electrons. The topological polar surface area (TPSA) is 40.6 Å². The lowest BCUT2D eigenvalue weighted by Crippen LogP contribution is -2.38. The summed E-state index contributed by atoms with van der Waals surface area (Å²) in [5, 5.41) is 0.559. The summed E-state index contributed by atoms with van der Waals surface area (Å²) in [4.78, 5) is 27.4. The largest absolute Gasteiger partial charge is 0.344 e. The van der Waals surface area contributed by atoms with Crippen LogP contribution in [0, 0.1) is 0 Å². The van der Waals surface area contributed by atoms with Crippen molar-refractivity contribution in [3.63, 3.8) is 0 Å². The first-order chi connectivity index (χ1) is 8.99. The number of rotatable bonds is 1. The molecule has 0 saturated carbocycles. The molecule has 0 aromatic heterocycles. The maximum atomic E-state index is 12.4. The minimum atomic E-state index is -0.138. The number of carbonyl (C=O) groups is 2. The van der Waals surface area contributed by atoms with Crippen molar-refractivity contribution in [1.82, 2.24) is 9.80 Å². The van der Waals surface area contributed by atoms with Crippen molar-refractivity contribution < 1.29 is 9.59 Å². The summed E-state index contributed by atoms with van der Waals surface area (Å²) in [6.45, 7) is 1.41. The second kappa shape index (κ2) is 5.92. The molecule has 1 fully saturated rings. The second-order valence-corrected chi connectivity index (χ2v) is 5.79. The number of hydrogen-bond donors (Lipinski definition) is 0. The maximum Gasteiger partial charge on any atom is 0.254 e. The Balaban J connectivity index is 2.18. The fourth-order valence-electron chi connectivity index (χ4n) is 1.97. The van der Waals surface area contributed by atoms with E-state index in [1.165, 1.54) is 0 Å². The van der Waals surface area contributed by atoms with Gasteiger partial charge in [-0.3, -0.25) is 9.59 Å². The molecule has 0 radical (unpaired) electrons. The SMILES string of the molecule is CN1CCCN(C(=O)c2ccc(Cl)c(Br)c2)CC1=O. The van der Waals surface area contributed by atoms with E-state index in [2.05, 4.69) is 15.9 Å². The predicted molar refractivity (Wildman–Crippen MR) is 77.3 cm³/mol. The van der Waals surface area contributed by atoms with E-state index in [9.17, 15) is 9.59 Å². The van der Waals surface area contributed by atoms with Gasteiger partial charge in [-0.25, -0.2) is 0 Å². The van der Waals surface area contributed by atoms with Crippen molar-refractivity contribution >= 4 is 39.3 Å². The highest BCUT2D eigenvalue weighted by Gasteiger charge is 2.23. The lowest BCUT2D eigenvalue weighted by Gasteiger charge is -2.20. The van der Waals surface area contributed by atoms with Crippen LogP contribution in [0.5, 0.6) is 0 Å². The minimum Gasteiger partial charge on any atom is -0.344 e. The molecule has 0 unspecified atom stereocenters. The van der Waals surface area contributed by atoms with Gasteiger partial charge in [-0.05, 0) is 40.5 Å². The molecule has 19 heavy (non-hydrogen) atoms. The van der Waals surface area contributed by atoms with Gasteiger partial charge in [-0.1, -0.05) is 11.6 Å². The van der Waals surface area contributed by atoms with Crippen molar-refractivity contribution in [3.8, 4) is 0 Å². The number of carbonyl (C=O) groups excluding carboxylic acids is 2. The van der Waals surface area contributed by atoms with Crippen molar-refractivity contribution in [2.45, 2.75) is 6.42 Å². The molecule has 2 amide bonds. The zero-order valence-corrected chi connectivity index (χ0v) is 12.9. The molecular formula is C13H14BrClN2O2. The van der Waals surface area contributed by atoms with Crippen molar-refractivity contribution in [3.05, 3.63) is 33.3 Å². The van der Waals surface area contributed by atoms with Crippen molar-refractivity contribution in [2.75, 3.05) is 26.7 Å². The van der Waals surface area contributed by atoms with Crippen LogP contribution in [0.2, 0.25) is 5.02 Å². The molecule has 4 nitrogen and oxygen atoms in total. The van der Waals surface area contributed by atoms with E-state index in [1.807, 2.05) is 0 Å². The van der Waals surface area contributed by atoms with Gasteiger partial charge in [0.05, 0.1) is 5.02 Å². The van der Waals surface area contributed by atoms with Crippen molar-refractivity contribution in [1.29, 1.82) is 0 Å². The molecule has 1 aromatic carbocycles. The van der Waals surface area contributed by atoms with Gasteiger partial charge in [0, 0.05) is 30.2 Å². The normalized spacial score (nSPS) is 16.5. The fraction of sp³-hybridized carbons (Fsp3) is 0.385. The van der Waals surface area contributed by atoms with Crippen LogP contribution in [0.25, 0.3) is 0 Å². The number of benzene rings is 1. The lowest BCUT2D eigenvalue weighted by atomic mass is 10.2. The highest BCUT2D eigenvalue weighted by atomic mass is 79.9. The molecule has 0 N–H and O–H groups in total. The van der Waals surface area contributed by atoms with Gasteiger partial charge in [0.15, 0.2) is 0 Å². The Morgan fingerprint density at radius 2 is 2.11 bits per heavy atom. The highest BCUT2D eigenvalue weighted by Crippen LogP contribution is 2.24. The van der Waals surface area contributed by atoms with Crippen LogP contribution in [-0.2, 0) is 4.79 Å². The number of halogens is 2. The Labute approximate surface area is 125 Å². The van der Waals surface area contributed by atoms with Crippen LogP contribution in [0.4, 0.5) is 0 Å². The summed E-state index contributed by atoms with van der Waals surface area (Å²) in [5.74, 6) is -0.167. The summed E-state index contributed by atoms with van der Waals surface area (Å²) in [6.07, 6.45) is 0.794. The van der Waals surface area contributed by atoms with Gasteiger partial charge in [0.1, 0.15) is 6.54 Å². The van der Waals surface area contributed by atoms with Crippen LogP contribution in [-0.4, -0.2) is 48.3 Å². The molecule has 1 heterocycles. The molecule has 1 saturated heterocycles. The summed E-state index contributed by atoms with van der Waals surface area (Å²) in [7, 11) is 1.76. The van der Waals surface area contributed by atoms with Crippen LogP contribution >= 0.6 is 27.5 Å². The average molecular weight is 346 g/mol. The Bertz CT molecular complexity index is 521. The van der Waals surface area contributed by atoms with Gasteiger partial charge >= 0.3 is 0 Å². The molecule has 1 aliphatic rings. The number of amides is 2. The number of nitrogens with zero attached hydrogens (tertiary/aromatic N) is 2. The zero-order valence-electron chi connectivity index (χ0n) is 10.5. The number of likely N-dealkylation sites (N-methyl/N-ethyl adjacent to an activating group) is 1. The smallest absolute Gasteiger partial charge is 0.254 e. The third-order valence-corrected chi connectivity index (χ3v) is 4.34. The summed E-state index contributed by atoms with van der Waals surface area (Å²) >= 11 is 9.20. The fourth-order valence-corrected chi connectivity index (χ4v) is 2.47. The second-order valence-electron chi connectivity index (χ2n) is 4.52. The van der Waals surface area contributed by atoms with E-state index in [-0.39, 0.29) is 18.4 Å². The Morgan fingerprint density at radius 3 is 2.79 bits per heavy atom. The van der Waals surface area contributed by atoms with Gasteiger partial charge in [-0.2, -0.15) is 0 Å². The lowest BCUT2D eigenvalue weighted by molar-refractivity contribution is -0.129. The quantitative estimate of drug-likeness (QED) is 0.784. The molecule has 1 aliphatic heterocycles. The Kier molecular flexibility index (Phi) is 4.47. The first kappa shape index (κ1) is 14.3. The summed E-state index contributed by atoms with van der Waals surface area (Å²) < 4.78 is 0.679. The van der Waals surface area contributed by atoms with E-state index < -0.39 is 0 Å². The standard InChI is InChI=1S/C13H14BrClN2O2/c1-16-5-2-6-17(8-12(16)18)13(19)9-3-4-11(15)10(14)7-9/h3-4,7H,2,5-6,8H2,1H3. The van der Waals surface area contributed by atoms with E-state index in [1.54, 1.807) is 35.0 Å². The zero-order chi connectivity index (χ0) is 14.0. The van der Waals surface area contributed by atoms with Crippen LogP contribution < -0.4 is 0 Å². The number of hydrogen-bond acceptors (Lipinski definition) is 2. The average Bonchev–Trinajstić information content (AvgIpc) is 2.55. The monoisotopic (exact) mass is 344 g/mol. The van der Waals surface area contributed by atoms with Gasteiger partial charge in [0.2, 0.25) is 5.91 Å². The molecule has 0 aliphatic carbocycles. The van der Waals surface area contributed by atoms with E-state index >= 15 is 0 Å². The highest BCUT2D eigenvalue weighted by molar-refractivity contribution is 9.10. The Hall–Kier alpha value is -1.07. The Morgan fingerprint density at radius 1 is 1.37 bits per heavy atom. The molecule has 0 spiro atoms. The maximum absolute atomic E-state index is 12.4. The molecule has 0 atom stereocenters. The van der Waals surface area contributed by atoms with Gasteiger partial charge in [-0.15, -0.1) is 0 Å². The van der Waals surface area contributed by atoms with E-state index in [0.29, 0.717) is 28.1 Å². The van der Waals surface area contributed by atoms with Crippen molar-refractivity contribution in [2.24, 2.45) is 0 Å². The summed E-state index contributed by atoms with van der Waals surface area (Å²) in [6, 6.07) is 5.03. The first-order valence-electron chi connectivity index (χ1n) is 5.97. The third kappa shape index (κ3) is 3.28. The van der Waals surface area contributed by atoms with Gasteiger partial charge < -0.3 is 9.80 Å². The van der Waals surface area contributed by atoms with E-state index in [4.69, 9.17) is 11.6 Å². The summed E-state index contributed by atoms with van der Waals surface area (Å²) in [5.41, 5.74) is 0.536. The molecule has 2 rings (SSSR count). The van der Waals surface area contributed by atoms with Crippen LogP contribution in [0.1, 0.15) is 16.8 Å². The molecule has 6 heteroatoms. The van der Waals surface area contributed by atoms with E-state index in [0.717, 1.165) is 6.42 Å². The minimum absolute atomic E-state index is 0.0288.